The molecule has 0 saturated heterocycles. The van der Waals surface area contributed by atoms with Gasteiger partial charge in [0.15, 0.2) is 0 Å². The van der Waals surface area contributed by atoms with Crippen molar-refractivity contribution in [2.75, 3.05) is 19.3 Å². The molecule has 27 heavy (non-hydrogen) atoms. The summed E-state index contributed by atoms with van der Waals surface area (Å²) in [6.07, 6.45) is 20.5. The molecule has 0 saturated carbocycles. The van der Waals surface area contributed by atoms with Crippen LogP contribution in [-0.2, 0) is 14.9 Å². The van der Waals surface area contributed by atoms with Crippen molar-refractivity contribution in [3.05, 3.63) is 12.2 Å². The molecule has 1 amide bonds. The molecule has 0 rings (SSSR count). The van der Waals surface area contributed by atoms with E-state index in [0.29, 0.717) is 6.54 Å². The maximum absolute atomic E-state index is 11.8. The van der Waals surface area contributed by atoms with E-state index < -0.39 is 10.1 Å². The molecule has 0 aromatic rings. The largest absolute Gasteiger partial charge is 0.342 e. The lowest BCUT2D eigenvalue weighted by Crippen LogP contribution is -2.27. The van der Waals surface area contributed by atoms with Crippen LogP contribution in [0.15, 0.2) is 12.2 Å². The summed E-state index contributed by atoms with van der Waals surface area (Å²) in [6.45, 7) is 2.57. The van der Waals surface area contributed by atoms with Crippen molar-refractivity contribution >= 4 is 16.0 Å². The Hall–Kier alpha value is -0.880. The average molecular weight is 404 g/mol. The second-order valence-electron chi connectivity index (χ2n) is 7.48. The van der Waals surface area contributed by atoms with Gasteiger partial charge in [-0.15, -0.1) is 0 Å². The summed E-state index contributed by atoms with van der Waals surface area (Å²) in [4.78, 5) is 13.3. The van der Waals surface area contributed by atoms with Crippen molar-refractivity contribution in [1.82, 2.24) is 4.90 Å². The standard InChI is InChI=1S/C21H41NO4S/c1-3-4-5-6-7-8-9-10-11-12-13-14-15-16-18-21(23)22(2)19-17-20-27(24,25)26/h16,18H,3-15,17,19-20H2,1-2H3,(H,24,25,26)/b18-16+. The summed E-state index contributed by atoms with van der Waals surface area (Å²) in [5.41, 5.74) is 0. The lowest BCUT2D eigenvalue weighted by molar-refractivity contribution is -0.124. The molecular weight excluding hydrogens is 362 g/mol. The molecule has 0 bridgehead atoms. The van der Waals surface area contributed by atoms with Crippen LogP contribution in [0.3, 0.4) is 0 Å². The zero-order chi connectivity index (χ0) is 20.4. The molecule has 0 aliphatic rings. The molecule has 0 radical (unpaired) electrons. The zero-order valence-corrected chi connectivity index (χ0v) is 18.3. The Labute approximate surface area is 167 Å². The van der Waals surface area contributed by atoms with Gasteiger partial charge in [0, 0.05) is 13.6 Å². The van der Waals surface area contributed by atoms with Gasteiger partial charge in [0.1, 0.15) is 0 Å². The van der Waals surface area contributed by atoms with Gasteiger partial charge in [0.2, 0.25) is 5.91 Å². The van der Waals surface area contributed by atoms with E-state index in [9.17, 15) is 13.2 Å². The molecule has 0 fully saturated rings. The Morgan fingerprint density at radius 3 is 1.81 bits per heavy atom. The molecule has 0 aliphatic heterocycles. The van der Waals surface area contributed by atoms with Crippen LogP contribution in [0.25, 0.3) is 0 Å². The van der Waals surface area contributed by atoms with Crippen molar-refractivity contribution in [3.63, 3.8) is 0 Å². The second-order valence-corrected chi connectivity index (χ2v) is 9.05. The highest BCUT2D eigenvalue weighted by Gasteiger charge is 2.08. The van der Waals surface area contributed by atoms with Crippen molar-refractivity contribution in [3.8, 4) is 0 Å². The molecule has 0 aromatic carbocycles. The molecule has 6 heteroatoms. The molecular formula is C21H41NO4S. The molecule has 0 aliphatic carbocycles. The Morgan fingerprint density at radius 2 is 1.33 bits per heavy atom. The molecule has 5 nitrogen and oxygen atoms in total. The predicted molar refractivity (Wildman–Crippen MR) is 114 cm³/mol. The predicted octanol–water partition coefficient (Wildman–Crippen LogP) is 5.37. The SMILES string of the molecule is CCCCCCCCCCCCCC/C=C/C(=O)N(C)CCCS(=O)(=O)O. The Balaban J connectivity index is 3.46. The maximum atomic E-state index is 11.8. The highest BCUT2D eigenvalue weighted by molar-refractivity contribution is 7.85. The van der Waals surface area contributed by atoms with Crippen LogP contribution in [0, 0.1) is 0 Å². The molecule has 0 aromatic heterocycles. The Morgan fingerprint density at radius 1 is 0.852 bits per heavy atom. The Bertz CT molecular complexity index is 488. The van der Waals surface area contributed by atoms with Crippen molar-refractivity contribution in [1.29, 1.82) is 0 Å². The number of hydrogen-bond donors (Lipinski definition) is 1. The smallest absolute Gasteiger partial charge is 0.264 e. The minimum Gasteiger partial charge on any atom is -0.342 e. The first-order valence-electron chi connectivity index (χ1n) is 10.7. The number of carbonyl (C=O) groups excluding carboxylic acids is 1. The third kappa shape index (κ3) is 19.7. The third-order valence-electron chi connectivity index (χ3n) is 4.76. The minimum absolute atomic E-state index is 0.121. The van der Waals surface area contributed by atoms with E-state index in [-0.39, 0.29) is 18.1 Å². The van der Waals surface area contributed by atoms with Gasteiger partial charge in [-0.2, -0.15) is 8.42 Å². The van der Waals surface area contributed by atoms with E-state index in [2.05, 4.69) is 6.92 Å². The van der Waals surface area contributed by atoms with E-state index in [1.807, 2.05) is 6.08 Å². The van der Waals surface area contributed by atoms with Crippen LogP contribution < -0.4 is 0 Å². The van der Waals surface area contributed by atoms with Crippen LogP contribution >= 0.6 is 0 Å². The first-order chi connectivity index (χ1) is 12.9. The highest BCUT2D eigenvalue weighted by atomic mass is 32.2. The topological polar surface area (TPSA) is 74.7 Å². The fraction of sp³-hybridized carbons (Fsp3) is 0.857. The number of amides is 1. The van der Waals surface area contributed by atoms with E-state index in [4.69, 9.17) is 4.55 Å². The van der Waals surface area contributed by atoms with Gasteiger partial charge < -0.3 is 4.90 Å². The molecule has 160 valence electrons. The van der Waals surface area contributed by atoms with E-state index in [1.54, 1.807) is 13.1 Å². The van der Waals surface area contributed by atoms with E-state index in [0.717, 1.165) is 12.8 Å². The monoisotopic (exact) mass is 403 g/mol. The van der Waals surface area contributed by atoms with Crippen molar-refractivity contribution in [2.45, 2.75) is 96.8 Å². The maximum Gasteiger partial charge on any atom is 0.264 e. The molecule has 1 N–H and O–H groups in total. The Kier molecular flexibility index (Phi) is 16.7. The van der Waals surface area contributed by atoms with E-state index in [1.165, 1.54) is 75.5 Å². The minimum atomic E-state index is -3.94. The highest BCUT2D eigenvalue weighted by Crippen LogP contribution is 2.12. The van der Waals surface area contributed by atoms with Gasteiger partial charge in [0.25, 0.3) is 10.1 Å². The molecule has 0 unspecified atom stereocenters. The van der Waals surface area contributed by atoms with Crippen molar-refractivity contribution in [2.24, 2.45) is 0 Å². The van der Waals surface area contributed by atoms with Crippen LogP contribution in [-0.4, -0.2) is 43.1 Å². The number of rotatable bonds is 18. The second kappa shape index (κ2) is 17.2. The van der Waals surface area contributed by atoms with Gasteiger partial charge >= 0.3 is 0 Å². The van der Waals surface area contributed by atoms with Gasteiger partial charge in [-0.1, -0.05) is 83.6 Å². The number of allylic oxidation sites excluding steroid dienone is 1. The first kappa shape index (κ1) is 26.1. The third-order valence-corrected chi connectivity index (χ3v) is 5.56. The molecule has 0 atom stereocenters. The number of unbranched alkanes of at least 4 members (excludes halogenated alkanes) is 12. The fourth-order valence-corrected chi connectivity index (χ4v) is 3.50. The summed E-state index contributed by atoms with van der Waals surface area (Å²) < 4.78 is 29.9. The first-order valence-corrected chi connectivity index (χ1v) is 12.3. The number of likely N-dealkylation sites (N-methyl/N-ethyl adjacent to an activating group) is 1. The fourth-order valence-electron chi connectivity index (χ4n) is 3.01. The van der Waals surface area contributed by atoms with Gasteiger partial charge in [0.05, 0.1) is 5.75 Å². The summed E-state index contributed by atoms with van der Waals surface area (Å²) >= 11 is 0. The number of carbonyl (C=O) groups is 1. The molecule has 0 spiro atoms. The van der Waals surface area contributed by atoms with Gasteiger partial charge in [-0.05, 0) is 25.3 Å². The summed E-state index contributed by atoms with van der Waals surface area (Å²) in [7, 11) is -2.30. The van der Waals surface area contributed by atoms with Gasteiger partial charge in [-0.3, -0.25) is 9.35 Å². The van der Waals surface area contributed by atoms with Gasteiger partial charge in [-0.25, -0.2) is 0 Å². The van der Waals surface area contributed by atoms with Crippen LogP contribution in [0.1, 0.15) is 96.8 Å². The van der Waals surface area contributed by atoms with Crippen LogP contribution in [0.4, 0.5) is 0 Å². The lowest BCUT2D eigenvalue weighted by Gasteiger charge is -2.14. The summed E-state index contributed by atoms with van der Waals surface area (Å²) in [5.74, 6) is -0.433. The lowest BCUT2D eigenvalue weighted by atomic mass is 10.0. The number of nitrogens with zero attached hydrogens (tertiary/aromatic N) is 1. The molecule has 0 heterocycles. The summed E-state index contributed by atoms with van der Waals surface area (Å²) in [5, 5.41) is 0. The normalized spacial score (nSPS) is 12.0. The zero-order valence-electron chi connectivity index (χ0n) is 17.5. The number of hydrogen-bond acceptors (Lipinski definition) is 3. The average Bonchev–Trinajstić information content (AvgIpc) is 2.60. The summed E-state index contributed by atoms with van der Waals surface area (Å²) in [6, 6.07) is 0. The quantitative estimate of drug-likeness (QED) is 0.190. The van der Waals surface area contributed by atoms with Crippen molar-refractivity contribution < 1.29 is 17.8 Å². The van der Waals surface area contributed by atoms with Crippen LogP contribution in [0.5, 0.6) is 0 Å². The van der Waals surface area contributed by atoms with E-state index >= 15 is 0 Å². The van der Waals surface area contributed by atoms with Crippen LogP contribution in [0.2, 0.25) is 0 Å².